The second kappa shape index (κ2) is 11.1. The third kappa shape index (κ3) is 3.89. The highest BCUT2D eigenvalue weighted by molar-refractivity contribution is 7.25. The van der Waals surface area contributed by atoms with Crippen molar-refractivity contribution < 1.29 is 4.42 Å². The molecule has 6 heterocycles. The molecule has 0 amide bonds. The number of para-hydroxylation sites is 4. The lowest BCUT2D eigenvalue weighted by atomic mass is 9.94. The van der Waals surface area contributed by atoms with Crippen molar-refractivity contribution in [2.24, 2.45) is 0 Å². The molecule has 8 aromatic carbocycles. The number of benzene rings is 8. The molecule has 268 valence electrons. The average Bonchev–Trinajstić information content (AvgIpc) is 4.00. The van der Waals surface area contributed by atoms with Gasteiger partial charge in [0, 0.05) is 59.1 Å². The largest absolute Gasteiger partial charge is 0.456 e. The van der Waals surface area contributed by atoms with Crippen molar-refractivity contribution in [2.45, 2.75) is 0 Å². The molecule has 0 spiro atoms. The third-order valence-electron chi connectivity index (χ3n) is 12.3. The van der Waals surface area contributed by atoms with Crippen molar-refractivity contribution in [3.05, 3.63) is 170 Å². The molecular formula is C52H28N4OS. The Balaban J connectivity index is 1.16. The lowest BCUT2D eigenvalue weighted by Gasteiger charge is -2.14. The van der Waals surface area contributed by atoms with Gasteiger partial charge in [-0.15, -0.1) is 11.3 Å². The average molecular weight is 757 g/mol. The molecule has 5 aromatic heterocycles. The Bertz CT molecular complexity index is 3940. The normalized spacial score (nSPS) is 12.5. The Morgan fingerprint density at radius 1 is 0.431 bits per heavy atom. The Morgan fingerprint density at radius 2 is 1.05 bits per heavy atom. The highest BCUT2D eigenvalue weighted by atomic mass is 32.1. The Kier molecular flexibility index (Phi) is 5.85. The zero-order valence-corrected chi connectivity index (χ0v) is 31.6. The summed E-state index contributed by atoms with van der Waals surface area (Å²) in [6, 6.07) is 61.1. The van der Waals surface area contributed by atoms with Gasteiger partial charge in [0.2, 0.25) is 0 Å². The van der Waals surface area contributed by atoms with E-state index in [1.807, 2.05) is 12.1 Å². The molecular weight excluding hydrogens is 729 g/mol. The first-order valence-corrected chi connectivity index (χ1v) is 20.4. The molecule has 0 fully saturated rings. The summed E-state index contributed by atoms with van der Waals surface area (Å²) in [6.45, 7) is 0. The lowest BCUT2D eigenvalue weighted by Crippen LogP contribution is -2.03. The predicted octanol–water partition coefficient (Wildman–Crippen LogP) is 14.3. The fraction of sp³-hybridized carbons (Fsp3) is 0. The molecule has 0 atom stereocenters. The number of furan rings is 1. The summed E-state index contributed by atoms with van der Waals surface area (Å²) < 4.78 is 12.5. The summed E-state index contributed by atoms with van der Waals surface area (Å²) in [6.07, 6.45) is 0. The Hall–Kier alpha value is -7.54. The molecule has 0 bridgehead atoms. The molecule has 6 heteroatoms. The van der Waals surface area contributed by atoms with Crippen LogP contribution in [0, 0.1) is 0 Å². The van der Waals surface area contributed by atoms with Gasteiger partial charge in [0.25, 0.3) is 0 Å². The van der Waals surface area contributed by atoms with Crippen LogP contribution in [0.2, 0.25) is 0 Å². The minimum Gasteiger partial charge on any atom is -0.456 e. The highest BCUT2D eigenvalue weighted by Gasteiger charge is 2.27. The molecule has 0 N–H and O–H groups in total. The van der Waals surface area contributed by atoms with Crippen molar-refractivity contribution in [1.29, 1.82) is 0 Å². The number of hydrogen-bond acceptors (Lipinski definition) is 4. The predicted molar refractivity (Wildman–Crippen MR) is 241 cm³/mol. The molecule has 14 rings (SSSR count). The molecule has 1 aliphatic heterocycles. The van der Waals surface area contributed by atoms with Crippen molar-refractivity contribution in [3.63, 3.8) is 0 Å². The van der Waals surface area contributed by atoms with Gasteiger partial charge in [-0.3, -0.25) is 4.57 Å². The second-order valence-electron chi connectivity index (χ2n) is 15.3. The lowest BCUT2D eigenvalue weighted by molar-refractivity contribution is 0.669. The van der Waals surface area contributed by atoms with E-state index >= 15 is 0 Å². The zero-order valence-electron chi connectivity index (χ0n) is 30.8. The van der Waals surface area contributed by atoms with Crippen LogP contribution in [0.25, 0.3) is 131 Å². The van der Waals surface area contributed by atoms with Crippen molar-refractivity contribution >= 4 is 97.3 Å². The number of nitrogens with zero attached hydrogens (tertiary/aromatic N) is 4. The molecule has 0 unspecified atom stereocenters. The van der Waals surface area contributed by atoms with Gasteiger partial charge in [-0.25, -0.2) is 9.97 Å². The third-order valence-corrected chi connectivity index (χ3v) is 13.4. The van der Waals surface area contributed by atoms with E-state index in [0.717, 1.165) is 76.6 Å². The summed E-state index contributed by atoms with van der Waals surface area (Å²) in [7, 11) is 0. The van der Waals surface area contributed by atoms with Crippen LogP contribution in [0.5, 0.6) is 0 Å². The van der Waals surface area contributed by atoms with E-state index in [-0.39, 0.29) is 0 Å². The maximum absolute atomic E-state index is 6.44. The van der Waals surface area contributed by atoms with E-state index in [0.29, 0.717) is 0 Å². The molecule has 0 saturated heterocycles. The van der Waals surface area contributed by atoms with Gasteiger partial charge in [-0.2, -0.15) is 0 Å². The van der Waals surface area contributed by atoms with Crippen LogP contribution in [0.15, 0.2) is 174 Å². The SMILES string of the molecule is c1ccc2c(c1)-c1ccccc1-n1c3cc4c5ccccc5n(-c5nc6c(nc5-c5cccc7oc8ccccc8c57)sc5ccccc56)c4cc3c3cccc-2c31. The minimum atomic E-state index is 0.796. The summed E-state index contributed by atoms with van der Waals surface area (Å²) in [4.78, 5) is 12.2. The molecule has 13 aromatic rings. The maximum atomic E-state index is 6.44. The van der Waals surface area contributed by atoms with E-state index in [9.17, 15) is 0 Å². The molecule has 0 aliphatic carbocycles. The fourth-order valence-electron chi connectivity index (χ4n) is 9.89. The first kappa shape index (κ1) is 30.7. The topological polar surface area (TPSA) is 48.8 Å². The molecule has 0 radical (unpaired) electrons. The van der Waals surface area contributed by atoms with Crippen LogP contribution in [-0.2, 0) is 0 Å². The number of thiophene rings is 1. The standard InChI is InChI=1S/C52H28N4OS/c1-2-14-30-29(13-1)31-15-3-7-22-40(31)55-42-27-38-32-16-4-8-23-41(32)56(43(38)28-39(42)34-20-11-19-33(30)50(34)55)51-48(54-52-49(53-51)36-18-6-10-26-46(36)58-52)37-21-12-25-45-47(37)35-17-5-9-24-44(35)57-45/h1-28H. The summed E-state index contributed by atoms with van der Waals surface area (Å²) in [5, 5.41) is 7.96. The number of hydrogen-bond donors (Lipinski definition) is 0. The van der Waals surface area contributed by atoms with Crippen LogP contribution in [0.4, 0.5) is 0 Å². The van der Waals surface area contributed by atoms with Crippen LogP contribution in [-0.4, -0.2) is 19.1 Å². The van der Waals surface area contributed by atoms with Gasteiger partial charge < -0.3 is 8.98 Å². The van der Waals surface area contributed by atoms with Crippen LogP contribution in [0.3, 0.4) is 0 Å². The Morgan fingerprint density at radius 3 is 1.95 bits per heavy atom. The first-order chi connectivity index (χ1) is 28.8. The zero-order chi connectivity index (χ0) is 37.6. The number of fused-ring (bicyclic) bond motifs is 17. The van der Waals surface area contributed by atoms with Crippen molar-refractivity contribution in [2.75, 3.05) is 0 Å². The molecule has 1 aliphatic rings. The van der Waals surface area contributed by atoms with Gasteiger partial charge in [-0.05, 0) is 53.6 Å². The van der Waals surface area contributed by atoms with E-state index in [4.69, 9.17) is 14.4 Å². The molecule has 0 saturated carbocycles. The van der Waals surface area contributed by atoms with Crippen LogP contribution in [0.1, 0.15) is 0 Å². The van der Waals surface area contributed by atoms with E-state index in [2.05, 4.69) is 167 Å². The fourth-order valence-corrected chi connectivity index (χ4v) is 10.9. The van der Waals surface area contributed by atoms with Crippen molar-refractivity contribution in [3.8, 4) is 45.0 Å². The smallest absolute Gasteiger partial charge is 0.165 e. The van der Waals surface area contributed by atoms with E-state index in [1.165, 1.54) is 54.4 Å². The quantitative estimate of drug-likeness (QED) is 0.176. The number of aromatic nitrogens is 4. The van der Waals surface area contributed by atoms with Crippen LogP contribution < -0.4 is 0 Å². The monoisotopic (exact) mass is 756 g/mol. The van der Waals surface area contributed by atoms with E-state index < -0.39 is 0 Å². The minimum absolute atomic E-state index is 0.796. The summed E-state index contributed by atoms with van der Waals surface area (Å²) in [5.41, 5.74) is 15.1. The van der Waals surface area contributed by atoms with Gasteiger partial charge in [0.1, 0.15) is 27.2 Å². The second-order valence-corrected chi connectivity index (χ2v) is 16.3. The van der Waals surface area contributed by atoms with Crippen molar-refractivity contribution in [1.82, 2.24) is 19.1 Å². The Labute approximate surface area is 334 Å². The van der Waals surface area contributed by atoms with Gasteiger partial charge >= 0.3 is 0 Å². The van der Waals surface area contributed by atoms with Crippen LogP contribution >= 0.6 is 11.3 Å². The maximum Gasteiger partial charge on any atom is 0.165 e. The van der Waals surface area contributed by atoms with E-state index in [1.54, 1.807) is 11.3 Å². The van der Waals surface area contributed by atoms with Gasteiger partial charge in [0.05, 0.1) is 27.8 Å². The first-order valence-electron chi connectivity index (χ1n) is 19.6. The summed E-state index contributed by atoms with van der Waals surface area (Å²) in [5.74, 6) is 0.796. The van der Waals surface area contributed by atoms with Gasteiger partial charge in [0.15, 0.2) is 5.82 Å². The highest BCUT2D eigenvalue weighted by Crippen LogP contribution is 2.49. The summed E-state index contributed by atoms with van der Waals surface area (Å²) >= 11 is 1.69. The molecule has 5 nitrogen and oxygen atoms in total. The van der Waals surface area contributed by atoms with Gasteiger partial charge in [-0.1, -0.05) is 127 Å². The number of rotatable bonds is 2. The molecule has 58 heavy (non-hydrogen) atoms.